The summed E-state index contributed by atoms with van der Waals surface area (Å²) < 4.78 is 1.57. The molecule has 0 spiro atoms. The van der Waals surface area contributed by atoms with Crippen LogP contribution in [0.4, 0.5) is 5.69 Å². The van der Waals surface area contributed by atoms with Gasteiger partial charge in [-0.25, -0.2) is 9.50 Å². The summed E-state index contributed by atoms with van der Waals surface area (Å²) in [5, 5.41) is 7.03. The van der Waals surface area contributed by atoms with E-state index in [1.165, 1.54) is 0 Å². The average molecular weight is 310 g/mol. The number of carbonyl (C=O) groups excluding carboxylic acids is 1. The molecule has 1 amide bonds. The highest BCUT2D eigenvalue weighted by Crippen LogP contribution is 2.07. The highest BCUT2D eigenvalue weighted by atomic mass is 16.2. The normalized spacial score (nSPS) is 10.9. The number of nitrogens with two attached hydrogens (primary N) is 1. The Bertz CT molecular complexity index is 853. The van der Waals surface area contributed by atoms with Crippen molar-refractivity contribution in [3.05, 3.63) is 53.1 Å². The lowest BCUT2D eigenvalue weighted by molar-refractivity contribution is 0.0944. The number of hydrogen-bond donors (Lipinski definition) is 2. The number of rotatable bonds is 4. The number of anilines is 1. The highest BCUT2D eigenvalue weighted by Gasteiger charge is 2.14. The number of fused-ring (bicyclic) bond motifs is 1. The molecule has 0 aliphatic carbocycles. The van der Waals surface area contributed by atoms with Gasteiger partial charge in [0.1, 0.15) is 0 Å². The van der Waals surface area contributed by atoms with Crippen LogP contribution < -0.4 is 11.1 Å². The smallest absolute Gasteiger partial charge is 0.291 e. The molecule has 2 aromatic heterocycles. The van der Waals surface area contributed by atoms with E-state index in [1.807, 2.05) is 44.2 Å². The molecule has 3 aromatic rings. The Morgan fingerprint density at radius 3 is 2.70 bits per heavy atom. The Kier molecular flexibility index (Phi) is 3.92. The van der Waals surface area contributed by atoms with Crippen LogP contribution in [-0.4, -0.2) is 32.0 Å². The molecule has 0 aliphatic rings. The Morgan fingerprint density at radius 2 is 1.96 bits per heavy atom. The SMILES string of the molecule is Cc1cc(C)n2nc(C(=O)NCCc3ccc(N)cc3)nc2n1. The van der Waals surface area contributed by atoms with Gasteiger partial charge >= 0.3 is 0 Å². The molecule has 3 rings (SSSR count). The molecule has 118 valence electrons. The van der Waals surface area contributed by atoms with Crippen LogP contribution in [-0.2, 0) is 6.42 Å². The van der Waals surface area contributed by atoms with Crippen molar-refractivity contribution in [2.75, 3.05) is 12.3 Å². The quantitative estimate of drug-likeness (QED) is 0.708. The first kappa shape index (κ1) is 15.0. The average Bonchev–Trinajstić information content (AvgIpc) is 2.93. The van der Waals surface area contributed by atoms with Crippen LogP contribution in [0.1, 0.15) is 27.6 Å². The number of carbonyl (C=O) groups is 1. The maximum absolute atomic E-state index is 12.2. The van der Waals surface area contributed by atoms with Gasteiger partial charge in [0.2, 0.25) is 5.82 Å². The Morgan fingerprint density at radius 1 is 1.22 bits per heavy atom. The molecule has 1 aromatic carbocycles. The van der Waals surface area contributed by atoms with E-state index >= 15 is 0 Å². The highest BCUT2D eigenvalue weighted by molar-refractivity contribution is 5.90. The number of amides is 1. The van der Waals surface area contributed by atoms with Gasteiger partial charge in [-0.3, -0.25) is 4.79 Å². The second-order valence-corrected chi connectivity index (χ2v) is 5.43. The molecule has 0 fully saturated rings. The van der Waals surface area contributed by atoms with E-state index in [0.29, 0.717) is 12.3 Å². The van der Waals surface area contributed by atoms with Crippen LogP contribution >= 0.6 is 0 Å². The van der Waals surface area contributed by atoms with Gasteiger partial charge in [-0.2, -0.15) is 4.98 Å². The van der Waals surface area contributed by atoms with E-state index in [1.54, 1.807) is 4.52 Å². The van der Waals surface area contributed by atoms with E-state index in [9.17, 15) is 4.79 Å². The second-order valence-electron chi connectivity index (χ2n) is 5.43. The van der Waals surface area contributed by atoms with Crippen molar-refractivity contribution < 1.29 is 4.79 Å². The molecule has 0 atom stereocenters. The van der Waals surface area contributed by atoms with E-state index in [4.69, 9.17) is 5.73 Å². The molecule has 7 nitrogen and oxygen atoms in total. The zero-order chi connectivity index (χ0) is 16.4. The van der Waals surface area contributed by atoms with E-state index in [0.717, 1.165) is 29.1 Å². The molecular weight excluding hydrogens is 292 g/mol. The first-order valence-electron chi connectivity index (χ1n) is 7.36. The summed E-state index contributed by atoms with van der Waals surface area (Å²) in [6.07, 6.45) is 0.718. The Labute approximate surface area is 133 Å². The predicted octanol–water partition coefficient (Wildman–Crippen LogP) is 1.30. The van der Waals surface area contributed by atoms with Gasteiger partial charge in [0, 0.05) is 23.6 Å². The standard InChI is InChI=1S/C16H18N6O/c1-10-9-11(2)22-16(19-10)20-14(21-22)15(23)18-8-7-12-3-5-13(17)6-4-12/h3-6,9H,7-8,17H2,1-2H3,(H,18,23). The van der Waals surface area contributed by atoms with Crippen molar-refractivity contribution in [2.45, 2.75) is 20.3 Å². The Balaban J connectivity index is 1.66. The number of aromatic nitrogens is 4. The van der Waals surface area contributed by atoms with Gasteiger partial charge in [-0.15, -0.1) is 5.10 Å². The molecule has 0 saturated carbocycles. The summed E-state index contributed by atoms with van der Waals surface area (Å²) in [5.74, 6) is 0.262. The lowest BCUT2D eigenvalue weighted by atomic mass is 10.1. The van der Waals surface area contributed by atoms with Crippen molar-refractivity contribution in [2.24, 2.45) is 0 Å². The van der Waals surface area contributed by atoms with Crippen molar-refractivity contribution >= 4 is 17.4 Å². The van der Waals surface area contributed by atoms with E-state index < -0.39 is 0 Å². The summed E-state index contributed by atoms with van der Waals surface area (Å²) in [6, 6.07) is 9.47. The molecule has 3 N–H and O–H groups in total. The third-order valence-electron chi connectivity index (χ3n) is 3.50. The molecule has 0 unspecified atom stereocenters. The third-order valence-corrected chi connectivity index (χ3v) is 3.50. The maximum atomic E-state index is 12.2. The van der Waals surface area contributed by atoms with Gasteiger partial charge in [0.15, 0.2) is 0 Å². The monoisotopic (exact) mass is 310 g/mol. The van der Waals surface area contributed by atoms with Gasteiger partial charge in [-0.05, 0) is 44.0 Å². The summed E-state index contributed by atoms with van der Waals surface area (Å²) in [4.78, 5) is 20.6. The fourth-order valence-electron chi connectivity index (χ4n) is 2.35. The van der Waals surface area contributed by atoms with Crippen LogP contribution in [0.15, 0.2) is 30.3 Å². The molecule has 0 radical (unpaired) electrons. The number of nitrogens with zero attached hydrogens (tertiary/aromatic N) is 4. The first-order valence-corrected chi connectivity index (χ1v) is 7.36. The van der Waals surface area contributed by atoms with Crippen molar-refractivity contribution in [1.29, 1.82) is 0 Å². The Hall–Kier alpha value is -2.96. The fourth-order valence-corrected chi connectivity index (χ4v) is 2.35. The number of hydrogen-bond acceptors (Lipinski definition) is 5. The number of benzene rings is 1. The van der Waals surface area contributed by atoms with Crippen LogP contribution in [0.3, 0.4) is 0 Å². The second kappa shape index (κ2) is 6.04. The van der Waals surface area contributed by atoms with Crippen molar-refractivity contribution in [3.8, 4) is 0 Å². The minimum atomic E-state index is -0.303. The topological polar surface area (TPSA) is 98.2 Å². The number of aryl methyl sites for hydroxylation is 2. The van der Waals surface area contributed by atoms with Gasteiger partial charge < -0.3 is 11.1 Å². The van der Waals surface area contributed by atoms with Crippen LogP contribution in [0.25, 0.3) is 5.78 Å². The minimum absolute atomic E-state index is 0.128. The van der Waals surface area contributed by atoms with Gasteiger partial charge in [0.05, 0.1) is 0 Å². The third kappa shape index (κ3) is 3.28. The zero-order valence-electron chi connectivity index (χ0n) is 13.1. The largest absolute Gasteiger partial charge is 0.399 e. The van der Waals surface area contributed by atoms with E-state index in [2.05, 4.69) is 20.4 Å². The summed E-state index contributed by atoms with van der Waals surface area (Å²) in [5.41, 5.74) is 9.21. The molecule has 0 bridgehead atoms. The lowest BCUT2D eigenvalue weighted by Gasteiger charge is -2.03. The molecule has 0 saturated heterocycles. The molecule has 23 heavy (non-hydrogen) atoms. The van der Waals surface area contributed by atoms with Gasteiger partial charge in [-0.1, -0.05) is 12.1 Å². The first-order chi connectivity index (χ1) is 11.0. The molecule has 7 heteroatoms. The van der Waals surface area contributed by atoms with Crippen LogP contribution in [0.5, 0.6) is 0 Å². The van der Waals surface area contributed by atoms with Gasteiger partial charge in [0.25, 0.3) is 11.7 Å². The number of nitrogens with one attached hydrogen (secondary N) is 1. The zero-order valence-corrected chi connectivity index (χ0v) is 13.1. The minimum Gasteiger partial charge on any atom is -0.399 e. The maximum Gasteiger partial charge on any atom is 0.291 e. The van der Waals surface area contributed by atoms with Crippen LogP contribution in [0, 0.1) is 13.8 Å². The lowest BCUT2D eigenvalue weighted by Crippen LogP contribution is -2.26. The summed E-state index contributed by atoms with van der Waals surface area (Å²) in [6.45, 7) is 4.29. The predicted molar refractivity (Wildman–Crippen MR) is 87.1 cm³/mol. The molecule has 2 heterocycles. The van der Waals surface area contributed by atoms with Crippen LogP contribution in [0.2, 0.25) is 0 Å². The number of nitrogen functional groups attached to an aromatic ring is 1. The molecule has 0 aliphatic heterocycles. The van der Waals surface area contributed by atoms with Crippen molar-refractivity contribution in [1.82, 2.24) is 24.9 Å². The fraction of sp³-hybridized carbons (Fsp3) is 0.250. The van der Waals surface area contributed by atoms with Crippen molar-refractivity contribution in [3.63, 3.8) is 0 Å². The summed E-state index contributed by atoms with van der Waals surface area (Å²) in [7, 11) is 0. The molecular formula is C16H18N6O. The van der Waals surface area contributed by atoms with E-state index in [-0.39, 0.29) is 11.7 Å². The summed E-state index contributed by atoms with van der Waals surface area (Å²) >= 11 is 0.